The van der Waals surface area contributed by atoms with Gasteiger partial charge in [-0.2, -0.15) is 0 Å². The van der Waals surface area contributed by atoms with Gasteiger partial charge in [0.05, 0.1) is 13.5 Å². The molecule has 0 aliphatic carbocycles. The van der Waals surface area contributed by atoms with Gasteiger partial charge in [0.15, 0.2) is 0 Å². The first-order valence-corrected chi connectivity index (χ1v) is 9.50. The molecule has 146 valence electrons. The number of hydrogen-bond donors (Lipinski definition) is 1. The van der Waals surface area contributed by atoms with Gasteiger partial charge in [-0.3, -0.25) is 4.79 Å². The molecule has 1 unspecified atom stereocenters. The Labute approximate surface area is 158 Å². The molecule has 1 aromatic rings. The molecule has 1 N–H and O–H groups in total. The topological polar surface area (TPSA) is 58.6 Å². The summed E-state index contributed by atoms with van der Waals surface area (Å²) < 4.78 is 4.72. The summed E-state index contributed by atoms with van der Waals surface area (Å²) in [6.07, 6.45) is 1.01. The SMILES string of the molecule is CCC(C)N(CCC(=O)OC)C(=O)Nc1c(C(C)C)cccc1C(C)C. The van der Waals surface area contributed by atoms with E-state index in [9.17, 15) is 9.59 Å². The van der Waals surface area contributed by atoms with E-state index < -0.39 is 0 Å². The molecule has 5 heteroatoms. The summed E-state index contributed by atoms with van der Waals surface area (Å²) in [6.45, 7) is 12.9. The fraction of sp³-hybridized carbons (Fsp3) is 0.619. The monoisotopic (exact) mass is 362 g/mol. The third-order valence-corrected chi connectivity index (χ3v) is 4.77. The quantitative estimate of drug-likeness (QED) is 0.652. The Morgan fingerprint density at radius 3 is 2.04 bits per heavy atom. The zero-order valence-corrected chi connectivity index (χ0v) is 17.3. The first kappa shape index (κ1) is 22.0. The van der Waals surface area contributed by atoms with E-state index in [2.05, 4.69) is 45.1 Å². The van der Waals surface area contributed by atoms with Crippen LogP contribution in [-0.2, 0) is 9.53 Å². The van der Waals surface area contributed by atoms with Gasteiger partial charge in [-0.05, 0) is 36.3 Å². The van der Waals surface area contributed by atoms with E-state index in [0.717, 1.165) is 23.2 Å². The molecule has 1 rings (SSSR count). The normalized spacial score (nSPS) is 12.2. The van der Waals surface area contributed by atoms with E-state index >= 15 is 0 Å². The molecule has 0 heterocycles. The number of nitrogens with zero attached hydrogens (tertiary/aromatic N) is 1. The summed E-state index contributed by atoms with van der Waals surface area (Å²) >= 11 is 0. The molecule has 0 bridgehead atoms. The van der Waals surface area contributed by atoms with Gasteiger partial charge in [0.2, 0.25) is 0 Å². The molecule has 1 atom stereocenters. The van der Waals surface area contributed by atoms with Crippen molar-refractivity contribution in [1.82, 2.24) is 4.90 Å². The van der Waals surface area contributed by atoms with E-state index in [1.807, 2.05) is 19.9 Å². The maximum atomic E-state index is 13.0. The number of nitrogens with one attached hydrogen (secondary N) is 1. The fourth-order valence-electron chi connectivity index (χ4n) is 2.93. The second-order valence-corrected chi connectivity index (χ2v) is 7.33. The molecule has 0 radical (unpaired) electrons. The predicted molar refractivity (Wildman–Crippen MR) is 107 cm³/mol. The molecule has 0 aliphatic heterocycles. The van der Waals surface area contributed by atoms with Crippen LogP contribution in [0.2, 0.25) is 0 Å². The number of ether oxygens (including phenoxy) is 1. The van der Waals surface area contributed by atoms with Crippen molar-refractivity contribution in [2.45, 2.75) is 72.3 Å². The van der Waals surface area contributed by atoms with Crippen LogP contribution in [0.3, 0.4) is 0 Å². The molecular weight excluding hydrogens is 328 g/mol. The van der Waals surface area contributed by atoms with Gasteiger partial charge in [0, 0.05) is 18.3 Å². The minimum Gasteiger partial charge on any atom is -0.469 e. The number of hydrogen-bond acceptors (Lipinski definition) is 3. The van der Waals surface area contributed by atoms with Crippen molar-refractivity contribution >= 4 is 17.7 Å². The first-order valence-electron chi connectivity index (χ1n) is 9.50. The standard InChI is InChI=1S/C21H34N2O3/c1-8-16(6)23(13-12-19(24)26-7)21(25)22-20-17(14(2)3)10-9-11-18(20)15(4)5/h9-11,14-16H,8,12-13H2,1-7H3,(H,22,25). The maximum absolute atomic E-state index is 13.0. The molecule has 0 spiro atoms. The lowest BCUT2D eigenvalue weighted by Crippen LogP contribution is -2.42. The first-order chi connectivity index (χ1) is 12.2. The van der Waals surface area contributed by atoms with Gasteiger partial charge in [-0.15, -0.1) is 0 Å². The molecule has 1 aromatic carbocycles. The number of carbonyl (C=O) groups is 2. The van der Waals surface area contributed by atoms with Gasteiger partial charge in [0.1, 0.15) is 0 Å². The Bertz CT molecular complexity index is 585. The number of esters is 1. The van der Waals surface area contributed by atoms with Gasteiger partial charge >= 0.3 is 12.0 Å². The van der Waals surface area contributed by atoms with Crippen LogP contribution in [0.5, 0.6) is 0 Å². The van der Waals surface area contributed by atoms with Crippen LogP contribution in [0, 0.1) is 0 Å². The fourth-order valence-corrected chi connectivity index (χ4v) is 2.93. The van der Waals surface area contributed by atoms with Crippen LogP contribution in [0.15, 0.2) is 18.2 Å². The number of methoxy groups -OCH3 is 1. The van der Waals surface area contributed by atoms with Crippen LogP contribution in [0.4, 0.5) is 10.5 Å². The average molecular weight is 363 g/mol. The molecule has 2 amide bonds. The van der Waals surface area contributed by atoms with E-state index in [0.29, 0.717) is 18.4 Å². The van der Waals surface area contributed by atoms with Gasteiger partial charge < -0.3 is 15.0 Å². The van der Waals surface area contributed by atoms with E-state index in [-0.39, 0.29) is 24.5 Å². The molecular formula is C21H34N2O3. The van der Waals surface area contributed by atoms with E-state index in [4.69, 9.17) is 4.74 Å². The largest absolute Gasteiger partial charge is 0.469 e. The summed E-state index contributed by atoms with van der Waals surface area (Å²) in [5.74, 6) is 0.295. The lowest BCUT2D eigenvalue weighted by atomic mass is 9.92. The summed E-state index contributed by atoms with van der Waals surface area (Å²) in [5.41, 5.74) is 3.15. The number of benzene rings is 1. The molecule has 0 aliphatic rings. The zero-order valence-electron chi connectivity index (χ0n) is 17.3. The molecule has 26 heavy (non-hydrogen) atoms. The second kappa shape index (κ2) is 10.2. The van der Waals surface area contributed by atoms with Crippen LogP contribution >= 0.6 is 0 Å². The van der Waals surface area contributed by atoms with Gasteiger partial charge in [-0.25, -0.2) is 4.79 Å². The Balaban J connectivity index is 3.13. The minimum atomic E-state index is -0.309. The Morgan fingerprint density at radius 1 is 1.08 bits per heavy atom. The summed E-state index contributed by atoms with van der Waals surface area (Å²) in [7, 11) is 1.36. The highest BCUT2D eigenvalue weighted by molar-refractivity contribution is 5.92. The van der Waals surface area contributed by atoms with E-state index in [1.165, 1.54) is 7.11 Å². The molecule has 0 aromatic heterocycles. The Kier molecular flexibility index (Phi) is 8.62. The number of urea groups is 1. The number of para-hydroxylation sites is 1. The number of carbonyl (C=O) groups excluding carboxylic acids is 2. The number of anilines is 1. The summed E-state index contributed by atoms with van der Waals surface area (Å²) in [4.78, 5) is 26.3. The van der Waals surface area contributed by atoms with Crippen molar-refractivity contribution in [1.29, 1.82) is 0 Å². The highest BCUT2D eigenvalue weighted by Gasteiger charge is 2.23. The van der Waals surface area contributed by atoms with Crippen LogP contribution < -0.4 is 5.32 Å². The van der Waals surface area contributed by atoms with Crippen molar-refractivity contribution in [2.24, 2.45) is 0 Å². The highest BCUT2D eigenvalue weighted by Crippen LogP contribution is 2.32. The lowest BCUT2D eigenvalue weighted by Gasteiger charge is -2.30. The van der Waals surface area contributed by atoms with Crippen molar-refractivity contribution in [3.05, 3.63) is 29.3 Å². The molecule has 5 nitrogen and oxygen atoms in total. The van der Waals surface area contributed by atoms with Crippen LogP contribution in [0.25, 0.3) is 0 Å². The third kappa shape index (κ3) is 5.75. The molecule has 0 saturated heterocycles. The predicted octanol–water partition coefficient (Wildman–Crippen LogP) is 5.13. The van der Waals surface area contributed by atoms with Crippen molar-refractivity contribution in [3.63, 3.8) is 0 Å². The number of rotatable bonds is 8. The van der Waals surface area contributed by atoms with Gasteiger partial charge in [-0.1, -0.05) is 52.8 Å². The minimum absolute atomic E-state index is 0.0355. The zero-order chi connectivity index (χ0) is 19.9. The smallest absolute Gasteiger partial charge is 0.322 e. The van der Waals surface area contributed by atoms with Crippen molar-refractivity contribution in [3.8, 4) is 0 Å². The van der Waals surface area contributed by atoms with Crippen molar-refractivity contribution in [2.75, 3.05) is 19.0 Å². The Hall–Kier alpha value is -2.04. The number of amides is 2. The van der Waals surface area contributed by atoms with E-state index in [1.54, 1.807) is 4.90 Å². The average Bonchev–Trinajstić information content (AvgIpc) is 2.60. The lowest BCUT2D eigenvalue weighted by molar-refractivity contribution is -0.140. The van der Waals surface area contributed by atoms with Crippen LogP contribution in [0.1, 0.15) is 77.3 Å². The summed E-state index contributed by atoms with van der Waals surface area (Å²) in [5, 5.41) is 3.13. The van der Waals surface area contributed by atoms with Crippen molar-refractivity contribution < 1.29 is 14.3 Å². The Morgan fingerprint density at radius 2 is 1.62 bits per heavy atom. The van der Waals surface area contributed by atoms with Crippen LogP contribution in [-0.4, -0.2) is 36.6 Å². The molecule has 0 saturated carbocycles. The summed E-state index contributed by atoms with van der Waals surface area (Å²) in [6, 6.07) is 6.04. The highest BCUT2D eigenvalue weighted by atomic mass is 16.5. The molecule has 0 fully saturated rings. The second-order valence-electron chi connectivity index (χ2n) is 7.33. The third-order valence-electron chi connectivity index (χ3n) is 4.77. The maximum Gasteiger partial charge on any atom is 0.322 e. The van der Waals surface area contributed by atoms with Gasteiger partial charge in [0.25, 0.3) is 0 Å².